The molecule has 1 N–H and O–H groups in total. The van der Waals surface area contributed by atoms with Crippen LogP contribution in [0.5, 0.6) is 5.75 Å². The van der Waals surface area contributed by atoms with Crippen LogP contribution in [0.2, 0.25) is 0 Å². The average molecular weight is 484 g/mol. The van der Waals surface area contributed by atoms with Crippen LogP contribution < -0.4 is 10.1 Å². The number of carbonyl (C=O) groups is 1. The summed E-state index contributed by atoms with van der Waals surface area (Å²) in [6.45, 7) is 2.60. The van der Waals surface area contributed by atoms with E-state index >= 15 is 0 Å². The van der Waals surface area contributed by atoms with E-state index in [1.165, 1.54) is 33.8 Å². The number of carbonyl (C=O) groups excluding carboxylic acids is 1. The lowest BCUT2D eigenvalue weighted by Crippen LogP contribution is -2.38. The van der Waals surface area contributed by atoms with Crippen LogP contribution in [0.3, 0.4) is 0 Å². The molecule has 1 aliphatic carbocycles. The maximum atomic E-state index is 14.0. The van der Waals surface area contributed by atoms with Crippen molar-refractivity contribution < 1.29 is 9.53 Å². The molecule has 0 saturated heterocycles. The topological polar surface area (TPSA) is 46.5 Å². The molecule has 4 aromatic rings. The standard InChI is InChI=1S/C29H29N3O2S/c1-19-9-3-5-13-24(19)30-29(33)32-18-23-22-12-4-6-15-26(22)35-28(23)31-16-8-14-25(31)27(32)20-10-7-11-21(17-20)34-2/h3,5,7-11,13-14,16-17,27H,4,6,12,15,18H2,1-2H3,(H,30,33)/t27-/m0/s1. The molecular formula is C29H29N3O2S. The number of amides is 2. The molecular weight excluding hydrogens is 454 g/mol. The van der Waals surface area contributed by atoms with Gasteiger partial charge in [0.05, 0.1) is 25.4 Å². The first-order chi connectivity index (χ1) is 17.1. The number of para-hydroxylation sites is 1. The Morgan fingerprint density at radius 3 is 2.74 bits per heavy atom. The van der Waals surface area contributed by atoms with Crippen LogP contribution in [0.1, 0.15) is 51.7 Å². The van der Waals surface area contributed by atoms with Gasteiger partial charge in [0, 0.05) is 22.3 Å². The fourth-order valence-electron chi connectivity index (χ4n) is 5.45. The number of hydrogen-bond donors (Lipinski definition) is 1. The molecule has 0 radical (unpaired) electrons. The van der Waals surface area contributed by atoms with Crippen molar-refractivity contribution in [2.75, 3.05) is 12.4 Å². The number of nitrogens with one attached hydrogen (secondary N) is 1. The zero-order valence-electron chi connectivity index (χ0n) is 20.1. The summed E-state index contributed by atoms with van der Waals surface area (Å²) in [6, 6.07) is 19.9. The Bertz CT molecular complexity index is 1400. The SMILES string of the molecule is COc1cccc([C@H]2c3cccn3-c3sc4c(c3CN2C(=O)Nc2ccccc2C)CCCC4)c1. The quantitative estimate of drug-likeness (QED) is 0.346. The zero-order chi connectivity index (χ0) is 23.9. The van der Waals surface area contributed by atoms with Gasteiger partial charge < -0.3 is 19.5 Å². The monoisotopic (exact) mass is 483 g/mol. The van der Waals surface area contributed by atoms with Crippen molar-refractivity contribution in [2.24, 2.45) is 0 Å². The van der Waals surface area contributed by atoms with Crippen LogP contribution in [-0.4, -0.2) is 22.6 Å². The number of anilines is 1. The summed E-state index contributed by atoms with van der Waals surface area (Å²) in [7, 11) is 1.68. The van der Waals surface area contributed by atoms with Crippen molar-refractivity contribution in [3.8, 4) is 10.8 Å². The Kier molecular flexibility index (Phi) is 5.61. The van der Waals surface area contributed by atoms with E-state index in [-0.39, 0.29) is 12.1 Å². The Hall–Kier alpha value is -3.51. The van der Waals surface area contributed by atoms with E-state index in [0.29, 0.717) is 6.54 Å². The van der Waals surface area contributed by atoms with Crippen molar-refractivity contribution in [2.45, 2.75) is 45.2 Å². The molecule has 0 saturated carbocycles. The van der Waals surface area contributed by atoms with Gasteiger partial charge >= 0.3 is 6.03 Å². The van der Waals surface area contributed by atoms with Crippen LogP contribution in [0.4, 0.5) is 10.5 Å². The molecule has 0 spiro atoms. The summed E-state index contributed by atoms with van der Waals surface area (Å²) in [4.78, 5) is 17.5. The maximum absolute atomic E-state index is 14.0. The predicted molar refractivity (Wildman–Crippen MR) is 141 cm³/mol. The first kappa shape index (κ1) is 22.0. The van der Waals surface area contributed by atoms with E-state index in [4.69, 9.17) is 4.74 Å². The summed E-state index contributed by atoms with van der Waals surface area (Å²) in [6.07, 6.45) is 6.83. The van der Waals surface area contributed by atoms with Gasteiger partial charge in [-0.3, -0.25) is 0 Å². The number of thiophene rings is 1. The van der Waals surface area contributed by atoms with Crippen molar-refractivity contribution in [3.05, 3.63) is 99.7 Å². The lowest BCUT2D eigenvalue weighted by Gasteiger charge is -2.31. The molecule has 6 rings (SSSR count). The number of fused-ring (bicyclic) bond motifs is 5. The number of ether oxygens (including phenoxy) is 1. The van der Waals surface area contributed by atoms with Crippen molar-refractivity contribution in [1.29, 1.82) is 0 Å². The number of urea groups is 1. The molecule has 0 unspecified atom stereocenters. The van der Waals surface area contributed by atoms with Crippen LogP contribution in [0.15, 0.2) is 66.9 Å². The molecule has 1 aliphatic heterocycles. The van der Waals surface area contributed by atoms with Gasteiger partial charge in [0.15, 0.2) is 0 Å². The second kappa shape index (κ2) is 8.93. The van der Waals surface area contributed by atoms with Crippen LogP contribution in [0.25, 0.3) is 5.00 Å². The number of nitrogens with zero attached hydrogens (tertiary/aromatic N) is 2. The molecule has 2 amide bonds. The molecule has 6 heteroatoms. The number of hydrogen-bond acceptors (Lipinski definition) is 3. The van der Waals surface area contributed by atoms with E-state index in [0.717, 1.165) is 41.1 Å². The first-order valence-electron chi connectivity index (χ1n) is 12.2. The molecule has 1 atom stereocenters. The van der Waals surface area contributed by atoms with E-state index < -0.39 is 0 Å². The summed E-state index contributed by atoms with van der Waals surface area (Å²) in [5, 5.41) is 4.47. The van der Waals surface area contributed by atoms with Gasteiger partial charge in [0.25, 0.3) is 0 Å². The summed E-state index contributed by atoms with van der Waals surface area (Å²) < 4.78 is 7.86. The Morgan fingerprint density at radius 2 is 1.89 bits per heavy atom. The Balaban J connectivity index is 1.51. The fraction of sp³-hybridized carbons (Fsp3) is 0.276. The third-order valence-electron chi connectivity index (χ3n) is 7.24. The highest BCUT2D eigenvalue weighted by Crippen LogP contribution is 2.44. The Morgan fingerprint density at radius 1 is 1.03 bits per heavy atom. The normalized spacial score (nSPS) is 16.6. The molecule has 35 heavy (non-hydrogen) atoms. The van der Waals surface area contributed by atoms with E-state index in [9.17, 15) is 4.79 Å². The highest BCUT2D eigenvalue weighted by atomic mass is 32.1. The third kappa shape index (κ3) is 3.82. The fourth-order valence-corrected chi connectivity index (χ4v) is 6.85. The van der Waals surface area contributed by atoms with Gasteiger partial charge in [-0.05, 0) is 79.6 Å². The highest BCUT2D eigenvalue weighted by molar-refractivity contribution is 7.15. The van der Waals surface area contributed by atoms with E-state index in [1.807, 2.05) is 65.6 Å². The number of methoxy groups -OCH3 is 1. The second-order valence-corrected chi connectivity index (χ2v) is 10.4. The minimum absolute atomic E-state index is 0.0940. The summed E-state index contributed by atoms with van der Waals surface area (Å²) in [5.41, 5.74) is 6.77. The molecule has 3 heterocycles. The lowest BCUT2D eigenvalue weighted by atomic mass is 9.95. The molecule has 5 nitrogen and oxygen atoms in total. The Labute approximate surface area is 210 Å². The van der Waals surface area contributed by atoms with E-state index in [2.05, 4.69) is 34.3 Å². The molecule has 0 bridgehead atoms. The minimum Gasteiger partial charge on any atom is -0.497 e. The van der Waals surface area contributed by atoms with Crippen LogP contribution in [-0.2, 0) is 19.4 Å². The zero-order valence-corrected chi connectivity index (χ0v) is 20.9. The number of aryl methyl sites for hydroxylation is 2. The molecule has 2 aromatic heterocycles. The van der Waals surface area contributed by atoms with Crippen LogP contribution in [0, 0.1) is 6.92 Å². The van der Waals surface area contributed by atoms with E-state index in [1.54, 1.807) is 7.11 Å². The van der Waals surface area contributed by atoms with Crippen LogP contribution >= 0.6 is 11.3 Å². The van der Waals surface area contributed by atoms with Gasteiger partial charge in [-0.1, -0.05) is 30.3 Å². The van der Waals surface area contributed by atoms with Crippen molar-refractivity contribution in [3.63, 3.8) is 0 Å². The number of benzene rings is 2. The molecule has 178 valence electrons. The van der Waals surface area contributed by atoms with Gasteiger partial charge in [-0.15, -0.1) is 11.3 Å². The molecule has 2 aromatic carbocycles. The predicted octanol–water partition coefficient (Wildman–Crippen LogP) is 6.87. The average Bonchev–Trinajstić information content (AvgIpc) is 3.47. The van der Waals surface area contributed by atoms with Gasteiger partial charge in [0.2, 0.25) is 0 Å². The van der Waals surface area contributed by atoms with Crippen molar-refractivity contribution >= 4 is 23.1 Å². The first-order valence-corrected chi connectivity index (χ1v) is 13.0. The maximum Gasteiger partial charge on any atom is 0.322 e. The molecule has 2 aliphatic rings. The van der Waals surface area contributed by atoms with Gasteiger partial charge in [0.1, 0.15) is 10.8 Å². The smallest absolute Gasteiger partial charge is 0.322 e. The summed E-state index contributed by atoms with van der Waals surface area (Å²) in [5.74, 6) is 0.788. The van der Waals surface area contributed by atoms with Crippen molar-refractivity contribution in [1.82, 2.24) is 9.47 Å². The second-order valence-electron chi connectivity index (χ2n) is 9.35. The number of aromatic nitrogens is 1. The largest absolute Gasteiger partial charge is 0.497 e. The molecule has 0 fully saturated rings. The lowest BCUT2D eigenvalue weighted by molar-refractivity contribution is 0.194. The number of rotatable bonds is 3. The van der Waals surface area contributed by atoms with Gasteiger partial charge in [-0.25, -0.2) is 4.79 Å². The summed E-state index contributed by atoms with van der Waals surface area (Å²) >= 11 is 1.90. The third-order valence-corrected chi connectivity index (χ3v) is 8.57. The highest BCUT2D eigenvalue weighted by Gasteiger charge is 2.36. The minimum atomic E-state index is -0.247. The van der Waals surface area contributed by atoms with Gasteiger partial charge in [-0.2, -0.15) is 0 Å².